The van der Waals surface area contributed by atoms with E-state index in [9.17, 15) is 9.18 Å². The van der Waals surface area contributed by atoms with Gasteiger partial charge in [-0.05, 0) is 42.0 Å². The first-order valence-electron chi connectivity index (χ1n) is 6.10. The van der Waals surface area contributed by atoms with Gasteiger partial charge < -0.3 is 10.6 Å². The van der Waals surface area contributed by atoms with Crippen molar-refractivity contribution >= 4 is 28.9 Å². The molecule has 0 unspecified atom stereocenters. The molecule has 0 atom stereocenters. The smallest absolute Gasteiger partial charge is 0.221 e. The van der Waals surface area contributed by atoms with E-state index < -0.39 is 5.82 Å². The molecule has 0 fully saturated rings. The third-order valence-electron chi connectivity index (χ3n) is 2.69. The lowest BCUT2D eigenvalue weighted by Gasteiger charge is -2.08. The van der Waals surface area contributed by atoms with Crippen LogP contribution in [0.1, 0.15) is 12.5 Å². The van der Waals surface area contributed by atoms with Crippen LogP contribution in [-0.2, 0) is 11.3 Å². The van der Waals surface area contributed by atoms with Gasteiger partial charge in [0.2, 0.25) is 5.91 Å². The van der Waals surface area contributed by atoms with E-state index >= 15 is 0 Å². The zero-order chi connectivity index (χ0) is 14.5. The van der Waals surface area contributed by atoms with E-state index in [2.05, 4.69) is 10.6 Å². The van der Waals surface area contributed by atoms with Crippen molar-refractivity contribution in [2.24, 2.45) is 0 Å². The molecule has 2 aromatic rings. The fourth-order valence-corrected chi connectivity index (χ4v) is 1.93. The lowest BCUT2D eigenvalue weighted by Crippen LogP contribution is -2.05. The second kappa shape index (κ2) is 6.39. The Labute approximate surface area is 121 Å². The van der Waals surface area contributed by atoms with Crippen LogP contribution >= 0.6 is 11.6 Å². The molecule has 0 aliphatic heterocycles. The molecule has 2 rings (SSSR count). The molecule has 0 saturated heterocycles. The summed E-state index contributed by atoms with van der Waals surface area (Å²) in [7, 11) is 0. The standard InChI is InChI=1S/C15H14ClFN2O/c1-10(20)19-13-5-3-12(4-6-13)18-9-11-2-7-15(17)14(16)8-11/h2-8,18H,9H2,1H3,(H,19,20). The van der Waals surface area contributed by atoms with E-state index in [0.29, 0.717) is 6.54 Å². The molecule has 0 aliphatic carbocycles. The van der Waals surface area contributed by atoms with Gasteiger partial charge in [-0.15, -0.1) is 0 Å². The SMILES string of the molecule is CC(=O)Nc1ccc(NCc2ccc(F)c(Cl)c2)cc1. The van der Waals surface area contributed by atoms with Crippen molar-refractivity contribution in [1.29, 1.82) is 0 Å². The number of amides is 1. The molecule has 1 amide bonds. The zero-order valence-electron chi connectivity index (χ0n) is 10.9. The van der Waals surface area contributed by atoms with E-state index in [1.54, 1.807) is 24.3 Å². The Bertz CT molecular complexity index is 614. The first-order chi connectivity index (χ1) is 9.54. The Hall–Kier alpha value is -2.07. The summed E-state index contributed by atoms with van der Waals surface area (Å²) in [5.74, 6) is -0.526. The normalized spacial score (nSPS) is 10.2. The summed E-state index contributed by atoms with van der Waals surface area (Å²) in [6, 6.07) is 11.9. The first-order valence-corrected chi connectivity index (χ1v) is 6.48. The van der Waals surface area contributed by atoms with E-state index in [0.717, 1.165) is 16.9 Å². The summed E-state index contributed by atoms with van der Waals surface area (Å²) < 4.78 is 13.0. The fraction of sp³-hybridized carbons (Fsp3) is 0.133. The van der Waals surface area contributed by atoms with Crippen LogP contribution in [0.5, 0.6) is 0 Å². The summed E-state index contributed by atoms with van der Waals surface area (Å²) in [6.07, 6.45) is 0. The van der Waals surface area contributed by atoms with Gasteiger partial charge in [-0.3, -0.25) is 4.79 Å². The largest absolute Gasteiger partial charge is 0.381 e. The van der Waals surface area contributed by atoms with Crippen LogP contribution in [0.4, 0.5) is 15.8 Å². The molecule has 0 heterocycles. The van der Waals surface area contributed by atoms with Crippen LogP contribution in [0.15, 0.2) is 42.5 Å². The average Bonchev–Trinajstić information content (AvgIpc) is 2.41. The Kier molecular flexibility index (Phi) is 4.58. The molecule has 5 heteroatoms. The maximum Gasteiger partial charge on any atom is 0.221 e. The third-order valence-corrected chi connectivity index (χ3v) is 2.98. The van der Waals surface area contributed by atoms with Crippen molar-refractivity contribution in [1.82, 2.24) is 0 Å². The van der Waals surface area contributed by atoms with E-state index in [1.807, 2.05) is 12.1 Å². The number of hydrogen-bond acceptors (Lipinski definition) is 2. The molecule has 20 heavy (non-hydrogen) atoms. The predicted molar refractivity (Wildman–Crippen MR) is 79.5 cm³/mol. The lowest BCUT2D eigenvalue weighted by atomic mass is 10.2. The molecule has 0 aromatic heterocycles. The van der Waals surface area contributed by atoms with Gasteiger partial charge in [0.15, 0.2) is 0 Å². The highest BCUT2D eigenvalue weighted by Crippen LogP contribution is 2.18. The van der Waals surface area contributed by atoms with Crippen molar-refractivity contribution in [2.75, 3.05) is 10.6 Å². The van der Waals surface area contributed by atoms with Gasteiger partial charge in [-0.1, -0.05) is 17.7 Å². The molecule has 104 valence electrons. The molecule has 0 radical (unpaired) electrons. The highest BCUT2D eigenvalue weighted by molar-refractivity contribution is 6.30. The molecule has 0 bridgehead atoms. The second-order valence-electron chi connectivity index (χ2n) is 4.36. The van der Waals surface area contributed by atoms with E-state index in [1.165, 1.54) is 13.0 Å². The summed E-state index contributed by atoms with van der Waals surface area (Å²) in [5.41, 5.74) is 2.54. The molecular weight excluding hydrogens is 279 g/mol. The highest BCUT2D eigenvalue weighted by atomic mass is 35.5. The van der Waals surface area contributed by atoms with Crippen LogP contribution < -0.4 is 10.6 Å². The molecule has 0 spiro atoms. The Morgan fingerprint density at radius 2 is 1.80 bits per heavy atom. The van der Waals surface area contributed by atoms with Gasteiger partial charge in [0, 0.05) is 24.8 Å². The Morgan fingerprint density at radius 3 is 2.40 bits per heavy atom. The minimum atomic E-state index is -0.421. The Balaban J connectivity index is 1.96. The van der Waals surface area contributed by atoms with Gasteiger partial charge in [0.25, 0.3) is 0 Å². The number of carbonyl (C=O) groups is 1. The van der Waals surface area contributed by atoms with Gasteiger partial charge in [0.05, 0.1) is 5.02 Å². The van der Waals surface area contributed by atoms with Gasteiger partial charge in [0.1, 0.15) is 5.82 Å². The van der Waals surface area contributed by atoms with Gasteiger partial charge >= 0.3 is 0 Å². The number of halogens is 2. The number of rotatable bonds is 4. The summed E-state index contributed by atoms with van der Waals surface area (Å²) in [6.45, 7) is 2.00. The van der Waals surface area contributed by atoms with E-state index in [4.69, 9.17) is 11.6 Å². The summed E-state index contributed by atoms with van der Waals surface area (Å²) in [5, 5.41) is 6.00. The zero-order valence-corrected chi connectivity index (χ0v) is 11.7. The number of nitrogens with one attached hydrogen (secondary N) is 2. The van der Waals surface area contributed by atoms with Gasteiger partial charge in [-0.25, -0.2) is 4.39 Å². The number of anilines is 2. The monoisotopic (exact) mass is 292 g/mol. The quantitative estimate of drug-likeness (QED) is 0.892. The number of hydrogen-bond donors (Lipinski definition) is 2. The molecule has 0 saturated carbocycles. The summed E-state index contributed by atoms with van der Waals surface area (Å²) >= 11 is 5.72. The van der Waals surface area contributed by atoms with Crippen molar-refractivity contribution < 1.29 is 9.18 Å². The first kappa shape index (κ1) is 14.3. The lowest BCUT2D eigenvalue weighted by molar-refractivity contribution is -0.114. The van der Waals surface area contributed by atoms with Crippen LogP contribution in [-0.4, -0.2) is 5.91 Å². The minimum absolute atomic E-state index is 0.105. The van der Waals surface area contributed by atoms with E-state index in [-0.39, 0.29) is 10.9 Å². The molecule has 2 N–H and O–H groups in total. The topological polar surface area (TPSA) is 41.1 Å². The Morgan fingerprint density at radius 1 is 1.15 bits per heavy atom. The van der Waals surface area contributed by atoms with Crippen molar-refractivity contribution in [3.8, 4) is 0 Å². The molecule has 2 aromatic carbocycles. The predicted octanol–water partition coefficient (Wildman–Crippen LogP) is 4.05. The number of carbonyl (C=O) groups excluding carboxylic acids is 1. The average molecular weight is 293 g/mol. The van der Waals surface area contributed by atoms with Crippen molar-refractivity contribution in [3.63, 3.8) is 0 Å². The second-order valence-corrected chi connectivity index (χ2v) is 4.77. The summed E-state index contributed by atoms with van der Waals surface area (Å²) in [4.78, 5) is 10.9. The maximum absolute atomic E-state index is 13.0. The minimum Gasteiger partial charge on any atom is -0.381 e. The highest BCUT2D eigenvalue weighted by Gasteiger charge is 2.01. The van der Waals surface area contributed by atoms with Gasteiger partial charge in [-0.2, -0.15) is 0 Å². The van der Waals surface area contributed by atoms with Crippen molar-refractivity contribution in [2.45, 2.75) is 13.5 Å². The molecule has 3 nitrogen and oxygen atoms in total. The third kappa shape index (κ3) is 3.96. The fourth-order valence-electron chi connectivity index (χ4n) is 1.73. The van der Waals surface area contributed by atoms with Crippen LogP contribution in [0.25, 0.3) is 0 Å². The van der Waals surface area contributed by atoms with Crippen molar-refractivity contribution in [3.05, 3.63) is 58.9 Å². The van der Waals surface area contributed by atoms with Crippen LogP contribution in [0, 0.1) is 5.82 Å². The number of benzene rings is 2. The van der Waals surface area contributed by atoms with Crippen LogP contribution in [0.2, 0.25) is 5.02 Å². The molecule has 0 aliphatic rings. The van der Waals surface area contributed by atoms with Crippen LogP contribution in [0.3, 0.4) is 0 Å². The molecular formula is C15H14ClFN2O. The maximum atomic E-state index is 13.0.